The van der Waals surface area contributed by atoms with Crippen molar-refractivity contribution in [2.75, 3.05) is 0 Å². The van der Waals surface area contributed by atoms with Gasteiger partial charge in [-0.2, -0.15) is 0 Å². The van der Waals surface area contributed by atoms with Crippen molar-refractivity contribution in [1.29, 1.82) is 0 Å². The number of nitro groups is 1. The van der Waals surface area contributed by atoms with Gasteiger partial charge in [-0.3, -0.25) is 10.1 Å². The smallest absolute Gasteiger partial charge is 0.269 e. The molecule has 31 heavy (non-hydrogen) atoms. The molecular formula is C25H20N2O4. The third kappa shape index (κ3) is 5.25. The minimum absolute atomic E-state index is 0.0255. The van der Waals surface area contributed by atoms with E-state index in [2.05, 4.69) is 35.5 Å². The number of non-ortho nitro benzene ring substituents is 1. The third-order valence-electron chi connectivity index (χ3n) is 4.75. The summed E-state index contributed by atoms with van der Waals surface area (Å²) in [5, 5.41) is 17.2. The molecule has 0 N–H and O–H groups in total. The fourth-order valence-electron chi connectivity index (χ4n) is 3.17. The molecule has 0 fully saturated rings. The van der Waals surface area contributed by atoms with Gasteiger partial charge in [0.1, 0.15) is 19.0 Å². The topological polar surface area (TPSA) is 74.0 Å². The lowest BCUT2D eigenvalue weighted by molar-refractivity contribution is -0.384. The van der Waals surface area contributed by atoms with Crippen LogP contribution in [0.2, 0.25) is 0 Å². The molecule has 0 heterocycles. The molecule has 0 spiro atoms. The van der Waals surface area contributed by atoms with Gasteiger partial charge in [0.05, 0.1) is 11.1 Å². The van der Waals surface area contributed by atoms with E-state index in [0.29, 0.717) is 17.9 Å². The van der Waals surface area contributed by atoms with Crippen LogP contribution >= 0.6 is 0 Å². The molecule has 0 saturated heterocycles. The van der Waals surface area contributed by atoms with Crippen LogP contribution in [0.3, 0.4) is 0 Å². The first-order valence-electron chi connectivity index (χ1n) is 9.77. The molecule has 4 rings (SSSR count). The van der Waals surface area contributed by atoms with Crippen LogP contribution in [0.25, 0.3) is 10.8 Å². The number of rotatable bonds is 8. The molecule has 0 bridgehead atoms. The van der Waals surface area contributed by atoms with Gasteiger partial charge in [0.2, 0.25) is 0 Å². The molecule has 0 saturated carbocycles. The van der Waals surface area contributed by atoms with Crippen molar-refractivity contribution in [2.45, 2.75) is 13.2 Å². The summed E-state index contributed by atoms with van der Waals surface area (Å²) in [5.74, 6) is 0.693. The lowest BCUT2D eigenvalue weighted by atomic mass is 10.1. The maximum absolute atomic E-state index is 10.9. The number of benzene rings is 4. The second-order valence-electron chi connectivity index (χ2n) is 6.94. The van der Waals surface area contributed by atoms with Crippen molar-refractivity contribution in [2.24, 2.45) is 5.16 Å². The average Bonchev–Trinajstić information content (AvgIpc) is 2.81. The maximum Gasteiger partial charge on any atom is 0.269 e. The summed E-state index contributed by atoms with van der Waals surface area (Å²) in [5.41, 5.74) is 2.56. The van der Waals surface area contributed by atoms with E-state index in [1.807, 2.05) is 36.4 Å². The van der Waals surface area contributed by atoms with Gasteiger partial charge in [-0.05, 0) is 40.1 Å². The molecule has 6 nitrogen and oxygen atoms in total. The summed E-state index contributed by atoms with van der Waals surface area (Å²) in [4.78, 5) is 15.7. The van der Waals surface area contributed by atoms with E-state index in [0.717, 1.165) is 11.1 Å². The highest BCUT2D eigenvalue weighted by Crippen LogP contribution is 2.20. The van der Waals surface area contributed by atoms with Crippen molar-refractivity contribution in [3.05, 3.63) is 118 Å². The molecule has 0 aliphatic carbocycles. The summed E-state index contributed by atoms with van der Waals surface area (Å²) in [6.07, 6.45) is 1.58. The van der Waals surface area contributed by atoms with Gasteiger partial charge < -0.3 is 9.57 Å². The number of nitrogens with zero attached hydrogens (tertiary/aromatic N) is 2. The van der Waals surface area contributed by atoms with Crippen molar-refractivity contribution in [1.82, 2.24) is 0 Å². The number of oxime groups is 1. The number of hydrogen-bond acceptors (Lipinski definition) is 5. The molecule has 0 amide bonds. The van der Waals surface area contributed by atoms with Gasteiger partial charge >= 0.3 is 0 Å². The molecule has 0 unspecified atom stereocenters. The van der Waals surface area contributed by atoms with E-state index in [9.17, 15) is 10.1 Å². The van der Waals surface area contributed by atoms with Crippen molar-refractivity contribution in [3.63, 3.8) is 0 Å². The maximum atomic E-state index is 10.9. The Morgan fingerprint density at radius 2 is 1.58 bits per heavy atom. The van der Waals surface area contributed by atoms with Crippen LogP contribution in [0.15, 0.2) is 96.2 Å². The Bertz CT molecular complexity index is 1240. The Balaban J connectivity index is 1.38. The molecule has 0 aliphatic rings. The molecule has 0 aliphatic heterocycles. The van der Waals surface area contributed by atoms with E-state index in [1.54, 1.807) is 18.3 Å². The lowest BCUT2D eigenvalue weighted by Gasteiger charge is -2.10. The standard InChI is InChI=1S/C25H20N2O4/c28-27(29)24-10-5-6-19(15-24)18-31-26-16-23-9-3-4-11-25(23)30-17-20-12-13-21-7-1-2-8-22(21)14-20/h1-16H,17-18H2/b26-16-. The zero-order chi connectivity index (χ0) is 21.5. The Labute approximate surface area is 179 Å². The molecule has 0 radical (unpaired) electrons. The minimum atomic E-state index is -0.435. The van der Waals surface area contributed by atoms with Crippen molar-refractivity contribution < 1.29 is 14.5 Å². The summed E-state index contributed by atoms with van der Waals surface area (Å²) in [6, 6.07) is 28.3. The fraction of sp³-hybridized carbons (Fsp3) is 0.0800. The SMILES string of the molecule is O=[N+]([O-])c1cccc(CO/N=C\c2ccccc2OCc2ccc3ccccc3c2)c1. The average molecular weight is 412 g/mol. The van der Waals surface area contributed by atoms with Crippen LogP contribution in [0.4, 0.5) is 5.69 Å². The Hall–Kier alpha value is -4.19. The van der Waals surface area contributed by atoms with E-state index < -0.39 is 4.92 Å². The highest BCUT2D eigenvalue weighted by molar-refractivity contribution is 5.83. The minimum Gasteiger partial charge on any atom is -0.488 e. The van der Waals surface area contributed by atoms with E-state index in [-0.39, 0.29) is 12.3 Å². The second kappa shape index (κ2) is 9.54. The molecule has 4 aromatic rings. The van der Waals surface area contributed by atoms with E-state index >= 15 is 0 Å². The normalized spacial score (nSPS) is 11.0. The van der Waals surface area contributed by atoms with Crippen molar-refractivity contribution >= 4 is 22.7 Å². The Kier molecular flexibility index (Phi) is 6.18. The molecular weight excluding hydrogens is 392 g/mol. The highest BCUT2D eigenvalue weighted by atomic mass is 16.6. The number of fused-ring (bicyclic) bond motifs is 1. The summed E-state index contributed by atoms with van der Waals surface area (Å²) >= 11 is 0. The first kappa shape index (κ1) is 20.1. The monoisotopic (exact) mass is 412 g/mol. The van der Waals surface area contributed by atoms with Gasteiger partial charge in [-0.15, -0.1) is 0 Å². The first-order chi connectivity index (χ1) is 15.2. The molecule has 154 valence electrons. The van der Waals surface area contributed by atoms with Crippen LogP contribution in [-0.4, -0.2) is 11.1 Å². The fourth-order valence-corrected chi connectivity index (χ4v) is 3.17. The van der Waals surface area contributed by atoms with Crippen LogP contribution in [0.1, 0.15) is 16.7 Å². The van der Waals surface area contributed by atoms with Crippen molar-refractivity contribution in [3.8, 4) is 5.75 Å². The van der Waals surface area contributed by atoms with E-state index in [1.165, 1.54) is 22.9 Å². The largest absolute Gasteiger partial charge is 0.488 e. The molecule has 6 heteroatoms. The summed E-state index contributed by atoms with van der Waals surface area (Å²) in [6.45, 7) is 0.572. The van der Waals surface area contributed by atoms with Gasteiger partial charge in [0, 0.05) is 17.7 Å². The zero-order valence-corrected chi connectivity index (χ0v) is 16.7. The lowest BCUT2D eigenvalue weighted by Crippen LogP contribution is -1.98. The second-order valence-corrected chi connectivity index (χ2v) is 6.94. The zero-order valence-electron chi connectivity index (χ0n) is 16.7. The van der Waals surface area contributed by atoms with E-state index in [4.69, 9.17) is 9.57 Å². The van der Waals surface area contributed by atoms with Gasteiger partial charge in [0.15, 0.2) is 0 Å². The summed E-state index contributed by atoms with van der Waals surface area (Å²) < 4.78 is 6.01. The van der Waals surface area contributed by atoms with Crippen LogP contribution in [-0.2, 0) is 18.1 Å². The first-order valence-corrected chi connectivity index (χ1v) is 9.77. The highest BCUT2D eigenvalue weighted by Gasteiger charge is 2.06. The van der Waals surface area contributed by atoms with Crippen LogP contribution in [0.5, 0.6) is 5.75 Å². The van der Waals surface area contributed by atoms with Gasteiger partial charge in [-0.25, -0.2) is 0 Å². The quantitative estimate of drug-likeness (QED) is 0.206. The number of ether oxygens (including phenoxy) is 1. The Morgan fingerprint density at radius 1 is 0.806 bits per heavy atom. The van der Waals surface area contributed by atoms with Crippen LogP contribution < -0.4 is 4.74 Å². The number of hydrogen-bond donors (Lipinski definition) is 0. The molecule has 0 aromatic heterocycles. The predicted molar refractivity (Wildman–Crippen MR) is 120 cm³/mol. The Morgan fingerprint density at radius 3 is 2.45 bits per heavy atom. The number of nitro benzene ring substituents is 1. The molecule has 4 aromatic carbocycles. The van der Waals surface area contributed by atoms with Crippen LogP contribution in [0, 0.1) is 10.1 Å². The summed E-state index contributed by atoms with van der Waals surface area (Å²) in [7, 11) is 0. The third-order valence-corrected chi connectivity index (χ3v) is 4.75. The van der Waals surface area contributed by atoms with Gasteiger partial charge in [-0.1, -0.05) is 65.8 Å². The predicted octanol–water partition coefficient (Wildman–Crippen LogP) is 5.88. The molecule has 0 atom stereocenters. The number of para-hydroxylation sites is 1. The van der Waals surface area contributed by atoms with Gasteiger partial charge in [0.25, 0.3) is 5.69 Å².